The summed E-state index contributed by atoms with van der Waals surface area (Å²) in [6, 6.07) is 1.78. The summed E-state index contributed by atoms with van der Waals surface area (Å²) in [6.45, 7) is 3.54. The molecule has 0 bridgehead atoms. The van der Waals surface area contributed by atoms with Crippen LogP contribution in [0, 0.1) is 5.92 Å². The van der Waals surface area contributed by atoms with Gasteiger partial charge in [0.2, 0.25) is 11.8 Å². The van der Waals surface area contributed by atoms with Crippen LogP contribution in [0.3, 0.4) is 0 Å². The van der Waals surface area contributed by atoms with Crippen molar-refractivity contribution in [3.05, 3.63) is 12.3 Å². The van der Waals surface area contributed by atoms with E-state index in [-0.39, 0.29) is 0 Å². The van der Waals surface area contributed by atoms with Gasteiger partial charge >= 0.3 is 0 Å². The van der Waals surface area contributed by atoms with Crippen LogP contribution in [-0.4, -0.2) is 23.1 Å². The molecule has 4 heteroatoms. The predicted octanol–water partition coefficient (Wildman–Crippen LogP) is 3.26. The molecule has 0 amide bonds. The highest BCUT2D eigenvalue weighted by molar-refractivity contribution is 5.27. The minimum atomic E-state index is 0.637. The first-order valence-corrected chi connectivity index (χ1v) is 7.08. The molecule has 100 valence electrons. The van der Waals surface area contributed by atoms with Gasteiger partial charge in [-0.25, -0.2) is 4.98 Å². The van der Waals surface area contributed by atoms with Crippen molar-refractivity contribution in [1.29, 1.82) is 0 Å². The molecule has 1 aliphatic carbocycles. The highest BCUT2D eigenvalue weighted by Crippen LogP contribution is 2.28. The third kappa shape index (κ3) is 4.17. The molecule has 18 heavy (non-hydrogen) atoms. The molecular formula is C14H23N3O. The van der Waals surface area contributed by atoms with Crippen molar-refractivity contribution < 1.29 is 4.74 Å². The SMILES string of the molecule is CCOc1ccnc(NCCCC2CCCC2)n1. The first-order valence-electron chi connectivity index (χ1n) is 7.08. The lowest BCUT2D eigenvalue weighted by Crippen LogP contribution is -2.07. The average Bonchev–Trinajstić information content (AvgIpc) is 2.89. The molecule has 1 heterocycles. The van der Waals surface area contributed by atoms with Crippen LogP contribution in [0.5, 0.6) is 5.88 Å². The molecular weight excluding hydrogens is 226 g/mol. The zero-order valence-electron chi connectivity index (χ0n) is 11.2. The third-order valence-electron chi connectivity index (χ3n) is 3.47. The minimum Gasteiger partial charge on any atom is -0.478 e. The molecule has 1 saturated carbocycles. The molecule has 1 aromatic rings. The van der Waals surface area contributed by atoms with Crippen molar-refractivity contribution in [2.24, 2.45) is 5.92 Å². The van der Waals surface area contributed by atoms with Crippen molar-refractivity contribution in [2.45, 2.75) is 45.4 Å². The van der Waals surface area contributed by atoms with E-state index in [0.717, 1.165) is 12.5 Å². The van der Waals surface area contributed by atoms with Gasteiger partial charge in [0.15, 0.2) is 0 Å². The Morgan fingerprint density at radius 2 is 2.22 bits per heavy atom. The number of nitrogens with one attached hydrogen (secondary N) is 1. The molecule has 1 fully saturated rings. The van der Waals surface area contributed by atoms with Gasteiger partial charge in [0.25, 0.3) is 0 Å². The Labute approximate surface area is 109 Å². The summed E-state index contributed by atoms with van der Waals surface area (Å²) in [5.41, 5.74) is 0. The maximum Gasteiger partial charge on any atom is 0.225 e. The van der Waals surface area contributed by atoms with Gasteiger partial charge in [0.1, 0.15) is 0 Å². The van der Waals surface area contributed by atoms with Crippen LogP contribution in [0.25, 0.3) is 0 Å². The van der Waals surface area contributed by atoms with E-state index in [0.29, 0.717) is 18.4 Å². The van der Waals surface area contributed by atoms with Gasteiger partial charge in [-0.2, -0.15) is 4.98 Å². The Morgan fingerprint density at radius 1 is 1.39 bits per heavy atom. The van der Waals surface area contributed by atoms with Crippen LogP contribution in [0.1, 0.15) is 45.4 Å². The Balaban J connectivity index is 1.67. The normalized spacial score (nSPS) is 15.8. The zero-order valence-corrected chi connectivity index (χ0v) is 11.2. The Hall–Kier alpha value is -1.32. The number of aromatic nitrogens is 2. The molecule has 4 nitrogen and oxygen atoms in total. The summed E-state index contributed by atoms with van der Waals surface area (Å²) in [7, 11) is 0. The Morgan fingerprint density at radius 3 is 3.00 bits per heavy atom. The fraction of sp³-hybridized carbons (Fsp3) is 0.714. The number of ether oxygens (including phenoxy) is 1. The standard InChI is InChI=1S/C14H23N3O/c1-2-18-13-9-11-16-14(17-13)15-10-5-8-12-6-3-4-7-12/h9,11-12H,2-8,10H2,1H3,(H,15,16,17). The van der Waals surface area contributed by atoms with Crippen LogP contribution in [-0.2, 0) is 0 Å². The molecule has 0 spiro atoms. The molecule has 0 atom stereocenters. The number of anilines is 1. The van der Waals surface area contributed by atoms with Gasteiger partial charge in [0, 0.05) is 18.8 Å². The summed E-state index contributed by atoms with van der Waals surface area (Å²) in [5, 5.41) is 3.27. The molecule has 0 aromatic carbocycles. The molecule has 1 N–H and O–H groups in total. The molecule has 1 aromatic heterocycles. The second-order valence-corrected chi connectivity index (χ2v) is 4.87. The number of hydrogen-bond donors (Lipinski definition) is 1. The van der Waals surface area contributed by atoms with Crippen LogP contribution in [0.2, 0.25) is 0 Å². The number of hydrogen-bond acceptors (Lipinski definition) is 4. The molecule has 0 saturated heterocycles. The largest absolute Gasteiger partial charge is 0.478 e. The molecule has 0 aliphatic heterocycles. The maximum atomic E-state index is 5.34. The lowest BCUT2D eigenvalue weighted by atomic mass is 10.0. The quantitative estimate of drug-likeness (QED) is 0.753. The van der Waals surface area contributed by atoms with E-state index in [1.165, 1.54) is 38.5 Å². The Kier molecular flexibility index (Phi) is 5.24. The molecule has 0 unspecified atom stereocenters. The topological polar surface area (TPSA) is 47.0 Å². The molecule has 1 aliphatic rings. The van der Waals surface area contributed by atoms with Gasteiger partial charge in [0.05, 0.1) is 6.61 Å². The van der Waals surface area contributed by atoms with Gasteiger partial charge in [-0.1, -0.05) is 25.7 Å². The van der Waals surface area contributed by atoms with Gasteiger partial charge in [-0.05, 0) is 25.7 Å². The maximum absolute atomic E-state index is 5.34. The summed E-state index contributed by atoms with van der Waals surface area (Å²) in [5.74, 6) is 2.28. The Bertz CT molecular complexity index is 351. The van der Waals surface area contributed by atoms with E-state index in [1.807, 2.05) is 6.92 Å². The second kappa shape index (κ2) is 7.19. The highest BCUT2D eigenvalue weighted by atomic mass is 16.5. The lowest BCUT2D eigenvalue weighted by molar-refractivity contribution is 0.326. The first-order chi connectivity index (χ1) is 8.88. The summed E-state index contributed by atoms with van der Waals surface area (Å²) < 4.78 is 5.34. The van der Waals surface area contributed by atoms with Gasteiger partial charge in [-0.3, -0.25) is 0 Å². The zero-order chi connectivity index (χ0) is 12.6. The second-order valence-electron chi connectivity index (χ2n) is 4.87. The summed E-state index contributed by atoms with van der Waals surface area (Å²) in [4.78, 5) is 8.48. The molecule has 0 radical (unpaired) electrons. The van der Waals surface area contributed by atoms with Gasteiger partial charge < -0.3 is 10.1 Å². The van der Waals surface area contributed by atoms with E-state index in [9.17, 15) is 0 Å². The van der Waals surface area contributed by atoms with E-state index in [1.54, 1.807) is 12.3 Å². The van der Waals surface area contributed by atoms with Crippen LogP contribution in [0.15, 0.2) is 12.3 Å². The predicted molar refractivity (Wildman–Crippen MR) is 72.9 cm³/mol. The van der Waals surface area contributed by atoms with Gasteiger partial charge in [-0.15, -0.1) is 0 Å². The smallest absolute Gasteiger partial charge is 0.225 e. The van der Waals surface area contributed by atoms with E-state index in [4.69, 9.17) is 4.74 Å². The van der Waals surface area contributed by atoms with Crippen LogP contribution >= 0.6 is 0 Å². The van der Waals surface area contributed by atoms with E-state index < -0.39 is 0 Å². The van der Waals surface area contributed by atoms with Crippen molar-refractivity contribution in [3.63, 3.8) is 0 Å². The van der Waals surface area contributed by atoms with Crippen LogP contribution < -0.4 is 10.1 Å². The fourth-order valence-corrected chi connectivity index (χ4v) is 2.55. The minimum absolute atomic E-state index is 0.637. The number of rotatable bonds is 7. The number of nitrogens with zero attached hydrogens (tertiary/aromatic N) is 2. The summed E-state index contributed by atoms with van der Waals surface area (Å²) >= 11 is 0. The van der Waals surface area contributed by atoms with Crippen molar-refractivity contribution in [1.82, 2.24) is 9.97 Å². The van der Waals surface area contributed by atoms with E-state index in [2.05, 4.69) is 15.3 Å². The van der Waals surface area contributed by atoms with Crippen molar-refractivity contribution >= 4 is 5.95 Å². The van der Waals surface area contributed by atoms with E-state index >= 15 is 0 Å². The highest BCUT2D eigenvalue weighted by Gasteiger charge is 2.13. The first kappa shape index (κ1) is 13.1. The van der Waals surface area contributed by atoms with Crippen LogP contribution in [0.4, 0.5) is 5.95 Å². The molecule has 2 rings (SSSR count). The lowest BCUT2D eigenvalue weighted by Gasteiger charge is -2.09. The van der Waals surface area contributed by atoms with Crippen molar-refractivity contribution in [3.8, 4) is 5.88 Å². The third-order valence-corrected chi connectivity index (χ3v) is 3.47. The van der Waals surface area contributed by atoms with Crippen molar-refractivity contribution in [2.75, 3.05) is 18.5 Å². The fourth-order valence-electron chi connectivity index (χ4n) is 2.55. The monoisotopic (exact) mass is 249 g/mol. The summed E-state index contributed by atoms with van der Waals surface area (Å²) in [6.07, 6.45) is 9.98. The average molecular weight is 249 g/mol.